The zero-order valence-corrected chi connectivity index (χ0v) is 10.8. The summed E-state index contributed by atoms with van der Waals surface area (Å²) in [4.78, 5) is 23.7. The molecule has 0 unspecified atom stereocenters. The van der Waals surface area contributed by atoms with Crippen molar-refractivity contribution in [3.05, 3.63) is 42.0 Å². The second kappa shape index (κ2) is 6.43. The molecule has 2 aromatic rings. The van der Waals surface area contributed by atoms with Crippen molar-refractivity contribution < 1.29 is 9.53 Å². The number of nitrogen functional groups attached to an aromatic ring is 1. The number of hydrazine groups is 1. The van der Waals surface area contributed by atoms with Crippen molar-refractivity contribution in [3.63, 3.8) is 0 Å². The van der Waals surface area contributed by atoms with Crippen LogP contribution in [-0.2, 0) is 6.54 Å². The van der Waals surface area contributed by atoms with Gasteiger partial charge in [-0.1, -0.05) is 0 Å². The van der Waals surface area contributed by atoms with E-state index in [2.05, 4.69) is 25.7 Å². The van der Waals surface area contributed by atoms with E-state index < -0.39 is 0 Å². The fraction of sp³-hybridized carbons (Fsp3) is 0.167. The first kappa shape index (κ1) is 13.7. The van der Waals surface area contributed by atoms with Crippen LogP contribution in [0.1, 0.15) is 16.1 Å². The van der Waals surface area contributed by atoms with Gasteiger partial charge < -0.3 is 15.5 Å². The van der Waals surface area contributed by atoms with Crippen LogP contribution in [0.15, 0.2) is 30.7 Å². The summed E-state index contributed by atoms with van der Waals surface area (Å²) in [6.07, 6.45) is 4.34. The second-order valence-corrected chi connectivity index (χ2v) is 3.82. The minimum absolute atomic E-state index is 0.213. The Labute approximate surface area is 115 Å². The van der Waals surface area contributed by atoms with Crippen LogP contribution in [0.3, 0.4) is 0 Å². The van der Waals surface area contributed by atoms with Crippen LogP contribution >= 0.6 is 0 Å². The van der Waals surface area contributed by atoms with E-state index in [1.165, 1.54) is 19.5 Å². The molecule has 104 valence electrons. The molecule has 0 spiro atoms. The number of hydrogen-bond donors (Lipinski definition) is 3. The summed E-state index contributed by atoms with van der Waals surface area (Å²) in [5.74, 6) is 5.73. The molecule has 0 aromatic carbocycles. The molecular weight excluding hydrogens is 260 g/mol. The Balaban J connectivity index is 1.97. The molecule has 0 saturated carbocycles. The van der Waals surface area contributed by atoms with Crippen molar-refractivity contribution >= 4 is 11.7 Å². The van der Waals surface area contributed by atoms with Gasteiger partial charge in [0.15, 0.2) is 5.82 Å². The fourth-order valence-corrected chi connectivity index (χ4v) is 1.46. The average molecular weight is 274 g/mol. The Bertz CT molecular complexity index is 587. The maximum Gasteiger partial charge on any atom is 0.271 e. The van der Waals surface area contributed by atoms with Gasteiger partial charge in [-0.05, 0) is 11.6 Å². The highest BCUT2D eigenvalue weighted by atomic mass is 16.5. The number of nitrogens with zero attached hydrogens (tertiary/aromatic N) is 3. The first-order valence-electron chi connectivity index (χ1n) is 5.78. The summed E-state index contributed by atoms with van der Waals surface area (Å²) >= 11 is 0. The number of rotatable bonds is 5. The van der Waals surface area contributed by atoms with E-state index in [0.717, 1.165) is 5.56 Å². The number of hydrogen-bond acceptors (Lipinski definition) is 7. The topological polar surface area (TPSA) is 115 Å². The summed E-state index contributed by atoms with van der Waals surface area (Å²) < 4.78 is 5.01. The number of aromatic nitrogens is 3. The molecule has 8 nitrogen and oxygen atoms in total. The van der Waals surface area contributed by atoms with Crippen LogP contribution in [0, 0.1) is 0 Å². The van der Waals surface area contributed by atoms with Gasteiger partial charge in [0.05, 0.1) is 19.5 Å². The van der Waals surface area contributed by atoms with Crippen molar-refractivity contribution in [2.24, 2.45) is 5.84 Å². The molecular formula is C12H14N6O2. The SMILES string of the molecule is COc1cc(CNC(=O)c2cnc(NN)cn2)ccn1. The van der Waals surface area contributed by atoms with E-state index in [9.17, 15) is 4.79 Å². The first-order chi connectivity index (χ1) is 9.72. The van der Waals surface area contributed by atoms with Crippen molar-refractivity contribution in [2.75, 3.05) is 12.5 Å². The number of pyridine rings is 1. The molecule has 1 amide bonds. The highest BCUT2D eigenvalue weighted by molar-refractivity contribution is 5.91. The standard InChI is InChI=1S/C12H14N6O2/c1-20-11-4-8(2-3-14-11)5-17-12(19)9-6-16-10(18-13)7-15-9/h2-4,6-7H,5,13H2,1H3,(H,16,18)(H,17,19). The lowest BCUT2D eigenvalue weighted by molar-refractivity contribution is 0.0945. The van der Waals surface area contributed by atoms with Crippen LogP contribution < -0.4 is 21.3 Å². The third-order valence-electron chi connectivity index (χ3n) is 2.49. The largest absolute Gasteiger partial charge is 0.481 e. The summed E-state index contributed by atoms with van der Waals surface area (Å²) in [5, 5.41) is 2.73. The molecule has 2 rings (SSSR count). The third kappa shape index (κ3) is 3.39. The lowest BCUT2D eigenvalue weighted by Crippen LogP contribution is -2.24. The van der Waals surface area contributed by atoms with Crippen molar-refractivity contribution in [2.45, 2.75) is 6.54 Å². The zero-order chi connectivity index (χ0) is 14.4. The van der Waals surface area contributed by atoms with Crippen molar-refractivity contribution in [3.8, 4) is 5.88 Å². The molecule has 0 radical (unpaired) electrons. The highest BCUT2D eigenvalue weighted by Gasteiger charge is 2.07. The third-order valence-corrected chi connectivity index (χ3v) is 2.49. The average Bonchev–Trinajstić information content (AvgIpc) is 2.53. The van der Waals surface area contributed by atoms with Gasteiger partial charge in [0.25, 0.3) is 5.91 Å². The molecule has 4 N–H and O–H groups in total. The van der Waals surface area contributed by atoms with Gasteiger partial charge in [-0.2, -0.15) is 0 Å². The normalized spacial score (nSPS) is 9.90. The van der Waals surface area contributed by atoms with E-state index in [1.807, 2.05) is 0 Å². The van der Waals surface area contributed by atoms with Crippen molar-refractivity contribution in [1.82, 2.24) is 20.3 Å². The number of ether oxygens (including phenoxy) is 1. The van der Waals surface area contributed by atoms with Gasteiger partial charge in [0.1, 0.15) is 5.69 Å². The number of anilines is 1. The van der Waals surface area contributed by atoms with Gasteiger partial charge in [-0.15, -0.1) is 0 Å². The van der Waals surface area contributed by atoms with Crippen LogP contribution in [0.5, 0.6) is 5.88 Å². The Morgan fingerprint density at radius 3 is 2.85 bits per heavy atom. The fourth-order valence-electron chi connectivity index (χ4n) is 1.46. The second-order valence-electron chi connectivity index (χ2n) is 3.82. The minimum atomic E-state index is -0.322. The predicted molar refractivity (Wildman–Crippen MR) is 71.8 cm³/mol. The van der Waals surface area contributed by atoms with E-state index in [1.54, 1.807) is 18.3 Å². The predicted octanol–water partition coefficient (Wildman–Crippen LogP) is 0.0958. The summed E-state index contributed by atoms with van der Waals surface area (Å²) in [6.45, 7) is 0.344. The smallest absolute Gasteiger partial charge is 0.271 e. The van der Waals surface area contributed by atoms with E-state index in [0.29, 0.717) is 18.2 Å². The van der Waals surface area contributed by atoms with Crippen LogP contribution in [0.4, 0.5) is 5.82 Å². The van der Waals surface area contributed by atoms with Gasteiger partial charge in [0.2, 0.25) is 5.88 Å². The molecule has 0 aliphatic carbocycles. The molecule has 2 aromatic heterocycles. The van der Waals surface area contributed by atoms with Gasteiger partial charge in [0, 0.05) is 18.8 Å². The maximum absolute atomic E-state index is 11.9. The van der Waals surface area contributed by atoms with Gasteiger partial charge >= 0.3 is 0 Å². The first-order valence-corrected chi connectivity index (χ1v) is 5.78. The van der Waals surface area contributed by atoms with Crippen LogP contribution in [0.25, 0.3) is 0 Å². The Morgan fingerprint density at radius 2 is 2.20 bits per heavy atom. The molecule has 0 bridgehead atoms. The number of methoxy groups -OCH3 is 1. The lowest BCUT2D eigenvalue weighted by atomic mass is 10.2. The number of carbonyl (C=O) groups is 1. The van der Waals surface area contributed by atoms with Crippen molar-refractivity contribution in [1.29, 1.82) is 0 Å². The van der Waals surface area contributed by atoms with Gasteiger partial charge in [-0.25, -0.2) is 20.8 Å². The minimum Gasteiger partial charge on any atom is -0.481 e. The number of amides is 1. The van der Waals surface area contributed by atoms with E-state index in [4.69, 9.17) is 10.6 Å². The number of nitrogens with one attached hydrogen (secondary N) is 2. The van der Waals surface area contributed by atoms with Crippen LogP contribution in [0.2, 0.25) is 0 Å². The molecule has 8 heteroatoms. The monoisotopic (exact) mass is 274 g/mol. The maximum atomic E-state index is 11.9. The van der Waals surface area contributed by atoms with Crippen LogP contribution in [-0.4, -0.2) is 28.0 Å². The Morgan fingerprint density at radius 1 is 1.35 bits per heavy atom. The Hall–Kier alpha value is -2.74. The summed E-state index contributed by atoms with van der Waals surface area (Å²) in [5.41, 5.74) is 3.42. The molecule has 0 aliphatic heterocycles. The molecule has 0 atom stereocenters. The molecule has 20 heavy (non-hydrogen) atoms. The van der Waals surface area contributed by atoms with E-state index >= 15 is 0 Å². The molecule has 0 saturated heterocycles. The van der Waals surface area contributed by atoms with Gasteiger partial charge in [-0.3, -0.25) is 4.79 Å². The summed E-state index contributed by atoms with van der Waals surface area (Å²) in [6, 6.07) is 3.53. The Kier molecular flexibility index (Phi) is 4.40. The number of nitrogens with two attached hydrogens (primary N) is 1. The molecule has 0 fully saturated rings. The number of carbonyl (C=O) groups excluding carboxylic acids is 1. The lowest BCUT2D eigenvalue weighted by Gasteiger charge is -2.06. The molecule has 2 heterocycles. The van der Waals surface area contributed by atoms with E-state index in [-0.39, 0.29) is 11.6 Å². The quantitative estimate of drug-likeness (QED) is 0.523. The zero-order valence-electron chi connectivity index (χ0n) is 10.8. The summed E-state index contributed by atoms with van der Waals surface area (Å²) in [7, 11) is 1.54. The highest BCUT2D eigenvalue weighted by Crippen LogP contribution is 2.08. The molecule has 0 aliphatic rings.